The third-order valence-electron chi connectivity index (χ3n) is 4.15. The van der Waals surface area contributed by atoms with Gasteiger partial charge in [0, 0.05) is 16.0 Å². The predicted molar refractivity (Wildman–Crippen MR) is 111 cm³/mol. The Morgan fingerprint density at radius 2 is 1.48 bits per heavy atom. The normalized spacial score (nSPS) is 10.7. The van der Waals surface area contributed by atoms with Crippen molar-refractivity contribution in [2.45, 2.75) is 9.79 Å². The molecule has 0 aliphatic heterocycles. The Bertz CT molecular complexity index is 914. The van der Waals surface area contributed by atoms with Crippen molar-refractivity contribution in [3.8, 4) is 39.8 Å². The molecule has 0 fully saturated rings. The molecule has 0 aliphatic rings. The third kappa shape index (κ3) is 3.75. The Hall–Kier alpha value is -2.25. The average Bonchev–Trinajstić information content (AvgIpc) is 3.21. The second-order valence-electron chi connectivity index (χ2n) is 5.51. The van der Waals surface area contributed by atoms with Gasteiger partial charge >= 0.3 is 0 Å². The van der Waals surface area contributed by atoms with Gasteiger partial charge in [0.2, 0.25) is 0 Å². The number of ether oxygens (including phenoxy) is 3. The zero-order valence-electron chi connectivity index (χ0n) is 15.9. The highest BCUT2D eigenvalue weighted by Gasteiger charge is 2.19. The molecule has 5 nitrogen and oxygen atoms in total. The molecule has 1 aromatic heterocycles. The predicted octanol–water partition coefficient (Wildman–Crippen LogP) is 5.48. The zero-order chi connectivity index (χ0) is 19.4. The first-order valence-corrected chi connectivity index (χ1v) is 10.6. The molecule has 1 heterocycles. The number of oxazole rings is 1. The molecule has 0 saturated heterocycles. The lowest BCUT2D eigenvalue weighted by Gasteiger charge is -2.13. The van der Waals surface area contributed by atoms with Crippen LogP contribution < -0.4 is 14.2 Å². The highest BCUT2D eigenvalue weighted by atomic mass is 32.2. The number of rotatable bonds is 7. The summed E-state index contributed by atoms with van der Waals surface area (Å²) in [5, 5.41) is 0. The molecule has 0 saturated carbocycles. The van der Waals surface area contributed by atoms with E-state index in [0.29, 0.717) is 5.76 Å². The van der Waals surface area contributed by atoms with Crippen LogP contribution >= 0.6 is 23.5 Å². The second-order valence-corrected chi connectivity index (χ2v) is 7.18. The SMILES string of the molecule is COc1ccc(-c2ocnc2-c2cc(OC)c(SC)c(OC)c2)cc1SC. The summed E-state index contributed by atoms with van der Waals surface area (Å²) in [5.74, 6) is 3.00. The van der Waals surface area contributed by atoms with Gasteiger partial charge in [-0.25, -0.2) is 4.98 Å². The third-order valence-corrected chi connectivity index (χ3v) is 5.72. The lowest BCUT2D eigenvalue weighted by Crippen LogP contribution is -1.94. The highest BCUT2D eigenvalue weighted by molar-refractivity contribution is 7.99. The Morgan fingerprint density at radius 1 is 0.815 bits per heavy atom. The summed E-state index contributed by atoms with van der Waals surface area (Å²) in [6, 6.07) is 9.85. The van der Waals surface area contributed by atoms with Gasteiger partial charge in [-0.15, -0.1) is 23.5 Å². The number of aromatic nitrogens is 1. The van der Waals surface area contributed by atoms with Crippen LogP contribution in [0, 0.1) is 0 Å². The maximum atomic E-state index is 5.73. The Labute approximate surface area is 167 Å². The summed E-state index contributed by atoms with van der Waals surface area (Å²) >= 11 is 3.20. The van der Waals surface area contributed by atoms with Crippen LogP contribution in [0.4, 0.5) is 0 Å². The summed E-state index contributed by atoms with van der Waals surface area (Å²) in [5.41, 5.74) is 2.53. The van der Waals surface area contributed by atoms with Crippen molar-refractivity contribution in [2.24, 2.45) is 0 Å². The summed E-state index contributed by atoms with van der Waals surface area (Å²) < 4.78 is 22.2. The van der Waals surface area contributed by atoms with Crippen LogP contribution in [-0.4, -0.2) is 38.8 Å². The van der Waals surface area contributed by atoms with E-state index >= 15 is 0 Å². The van der Waals surface area contributed by atoms with Gasteiger partial charge in [-0.2, -0.15) is 0 Å². The minimum absolute atomic E-state index is 0.689. The van der Waals surface area contributed by atoms with Crippen LogP contribution in [-0.2, 0) is 0 Å². The lowest BCUT2D eigenvalue weighted by atomic mass is 10.0. The molecule has 0 atom stereocenters. The molecular formula is C20H21NO4S2. The van der Waals surface area contributed by atoms with E-state index in [0.717, 1.165) is 43.9 Å². The van der Waals surface area contributed by atoms with Crippen LogP contribution in [0.3, 0.4) is 0 Å². The maximum Gasteiger partial charge on any atom is 0.182 e. The molecule has 0 unspecified atom stereocenters. The fourth-order valence-corrected chi connectivity index (χ4v) is 4.14. The Balaban J connectivity index is 2.13. The van der Waals surface area contributed by atoms with Crippen LogP contribution in [0.15, 0.2) is 50.9 Å². The summed E-state index contributed by atoms with van der Waals surface area (Å²) in [4.78, 5) is 6.42. The fourth-order valence-electron chi connectivity index (χ4n) is 2.85. The van der Waals surface area contributed by atoms with Crippen LogP contribution in [0.5, 0.6) is 17.2 Å². The highest BCUT2D eigenvalue weighted by Crippen LogP contribution is 2.43. The zero-order valence-corrected chi connectivity index (χ0v) is 17.5. The smallest absolute Gasteiger partial charge is 0.182 e. The average molecular weight is 404 g/mol. The van der Waals surface area contributed by atoms with Crippen molar-refractivity contribution < 1.29 is 18.6 Å². The number of nitrogens with zero attached hydrogens (tertiary/aromatic N) is 1. The van der Waals surface area contributed by atoms with Crippen molar-refractivity contribution in [2.75, 3.05) is 33.8 Å². The molecule has 0 bridgehead atoms. The number of hydrogen-bond acceptors (Lipinski definition) is 7. The largest absolute Gasteiger partial charge is 0.496 e. The quantitative estimate of drug-likeness (QED) is 0.484. The van der Waals surface area contributed by atoms with Gasteiger partial charge in [0.05, 0.1) is 26.2 Å². The van der Waals surface area contributed by atoms with Crippen molar-refractivity contribution in [1.82, 2.24) is 4.98 Å². The van der Waals surface area contributed by atoms with Crippen molar-refractivity contribution in [3.63, 3.8) is 0 Å². The lowest BCUT2D eigenvalue weighted by molar-refractivity contribution is 0.377. The molecule has 0 amide bonds. The molecule has 3 aromatic rings. The first-order chi connectivity index (χ1) is 13.2. The van der Waals surface area contributed by atoms with E-state index < -0.39 is 0 Å². The van der Waals surface area contributed by atoms with E-state index in [1.54, 1.807) is 44.9 Å². The van der Waals surface area contributed by atoms with E-state index in [1.165, 1.54) is 6.39 Å². The van der Waals surface area contributed by atoms with Gasteiger partial charge in [-0.05, 0) is 42.8 Å². The van der Waals surface area contributed by atoms with Crippen LogP contribution in [0.25, 0.3) is 22.6 Å². The van der Waals surface area contributed by atoms with Crippen molar-refractivity contribution in [1.29, 1.82) is 0 Å². The van der Waals surface area contributed by atoms with E-state index in [1.807, 2.05) is 42.8 Å². The second kappa shape index (κ2) is 8.63. The van der Waals surface area contributed by atoms with Gasteiger partial charge in [-0.3, -0.25) is 0 Å². The van der Waals surface area contributed by atoms with Crippen molar-refractivity contribution >= 4 is 23.5 Å². The molecule has 2 aromatic carbocycles. The first kappa shape index (κ1) is 19.5. The molecule has 142 valence electrons. The molecule has 0 spiro atoms. The Morgan fingerprint density at radius 3 is 2.04 bits per heavy atom. The summed E-state index contributed by atoms with van der Waals surface area (Å²) in [6.45, 7) is 0. The fraction of sp³-hybridized carbons (Fsp3) is 0.250. The Kier molecular flexibility index (Phi) is 6.23. The number of thioether (sulfide) groups is 2. The van der Waals surface area contributed by atoms with E-state index in [-0.39, 0.29) is 0 Å². The standard InChI is InChI=1S/C20H21NO4S2/c1-22-14-7-6-12(10-17(14)26-4)19-18(21-11-25-19)13-8-15(23-2)20(27-5)16(9-13)24-3/h6-11H,1-5H3. The van der Waals surface area contributed by atoms with E-state index in [9.17, 15) is 0 Å². The number of benzene rings is 2. The van der Waals surface area contributed by atoms with Gasteiger partial charge in [-0.1, -0.05) is 0 Å². The van der Waals surface area contributed by atoms with Gasteiger partial charge in [0.25, 0.3) is 0 Å². The minimum atomic E-state index is 0.689. The van der Waals surface area contributed by atoms with Crippen molar-refractivity contribution in [3.05, 3.63) is 36.7 Å². The molecule has 0 aliphatic carbocycles. The molecule has 27 heavy (non-hydrogen) atoms. The minimum Gasteiger partial charge on any atom is -0.496 e. The summed E-state index contributed by atoms with van der Waals surface area (Å²) in [7, 11) is 4.97. The van der Waals surface area contributed by atoms with Crippen LogP contribution in [0.2, 0.25) is 0 Å². The monoisotopic (exact) mass is 403 g/mol. The molecular weight excluding hydrogens is 382 g/mol. The number of methoxy groups -OCH3 is 3. The molecule has 0 N–H and O–H groups in total. The molecule has 7 heteroatoms. The summed E-state index contributed by atoms with van der Waals surface area (Å²) in [6.07, 6.45) is 5.46. The van der Waals surface area contributed by atoms with Crippen LogP contribution in [0.1, 0.15) is 0 Å². The topological polar surface area (TPSA) is 53.7 Å². The van der Waals surface area contributed by atoms with E-state index in [2.05, 4.69) is 4.98 Å². The molecule has 3 rings (SSSR count). The number of hydrogen-bond donors (Lipinski definition) is 0. The van der Waals surface area contributed by atoms with E-state index in [4.69, 9.17) is 18.6 Å². The maximum absolute atomic E-state index is 5.73. The van der Waals surface area contributed by atoms with Gasteiger partial charge in [0.1, 0.15) is 22.9 Å². The van der Waals surface area contributed by atoms with Gasteiger partial charge in [0.15, 0.2) is 12.2 Å². The molecule has 0 radical (unpaired) electrons. The van der Waals surface area contributed by atoms with Gasteiger partial charge < -0.3 is 18.6 Å². The first-order valence-electron chi connectivity index (χ1n) is 8.13.